The molecule has 1 aliphatic heterocycles. The predicted molar refractivity (Wildman–Crippen MR) is 85.2 cm³/mol. The molecule has 0 bridgehead atoms. The van der Waals surface area contributed by atoms with Crippen LogP contribution >= 0.6 is 15.9 Å². The summed E-state index contributed by atoms with van der Waals surface area (Å²) in [6.07, 6.45) is 1.57. The number of halogens is 1. The summed E-state index contributed by atoms with van der Waals surface area (Å²) < 4.78 is 6.44. The third-order valence-corrected chi connectivity index (χ3v) is 4.32. The predicted octanol–water partition coefficient (Wildman–Crippen LogP) is 2.51. The van der Waals surface area contributed by atoms with Crippen molar-refractivity contribution in [3.63, 3.8) is 0 Å². The Hall–Kier alpha value is -2.35. The summed E-state index contributed by atoms with van der Waals surface area (Å²) in [5.74, 6) is -1.36. The van der Waals surface area contributed by atoms with Crippen LogP contribution in [0.25, 0.3) is 0 Å². The number of ether oxygens (including phenoxy) is 1. The molecule has 0 spiro atoms. The summed E-state index contributed by atoms with van der Waals surface area (Å²) >= 11 is 3.40. The number of carboxylic acids is 1. The Morgan fingerprint density at radius 2 is 2.35 bits per heavy atom. The molecule has 23 heavy (non-hydrogen) atoms. The third kappa shape index (κ3) is 2.94. The molecule has 2 aromatic rings. The maximum absolute atomic E-state index is 12.2. The number of aromatic carboxylic acids is 1. The van der Waals surface area contributed by atoms with E-state index in [-0.39, 0.29) is 11.4 Å². The molecule has 0 amide bonds. The number of nitrogens with one attached hydrogen (secondary N) is 2. The summed E-state index contributed by atoms with van der Waals surface area (Å²) in [7, 11) is 0. The summed E-state index contributed by atoms with van der Waals surface area (Å²) in [4.78, 5) is 23.3. The van der Waals surface area contributed by atoms with Crippen molar-refractivity contribution >= 4 is 33.7 Å². The molecule has 3 N–H and O–H groups in total. The second-order valence-electron chi connectivity index (χ2n) is 5.53. The van der Waals surface area contributed by atoms with Crippen LogP contribution in [0.5, 0.6) is 0 Å². The van der Waals surface area contributed by atoms with Gasteiger partial charge in [-0.3, -0.25) is 5.10 Å². The molecule has 1 aromatic carbocycles. The number of carboxylic acid groups (broad SMARTS) is 1. The second kappa shape index (κ2) is 5.69. The zero-order chi connectivity index (χ0) is 16.6. The number of carbonyl (C=O) groups excluding carboxylic acids is 1. The first-order valence-electron chi connectivity index (χ1n) is 6.91. The van der Waals surface area contributed by atoms with Crippen molar-refractivity contribution in [2.75, 3.05) is 5.32 Å². The fraction of sp³-hybridized carbons (Fsp3) is 0.267. The Balaban J connectivity index is 1.82. The van der Waals surface area contributed by atoms with E-state index in [9.17, 15) is 9.59 Å². The normalized spacial score (nSPS) is 23.6. The van der Waals surface area contributed by atoms with Crippen LogP contribution in [-0.2, 0) is 15.1 Å². The Morgan fingerprint density at radius 1 is 1.57 bits per heavy atom. The van der Waals surface area contributed by atoms with E-state index in [1.165, 1.54) is 6.20 Å². The van der Waals surface area contributed by atoms with E-state index < -0.39 is 23.6 Å². The second-order valence-corrected chi connectivity index (χ2v) is 6.44. The Labute approximate surface area is 140 Å². The zero-order valence-corrected chi connectivity index (χ0v) is 13.8. The number of cyclic esters (lactones) is 1. The fourth-order valence-corrected chi connectivity index (χ4v) is 3.04. The number of H-pyrrole nitrogens is 1. The van der Waals surface area contributed by atoms with Crippen molar-refractivity contribution in [2.45, 2.75) is 25.0 Å². The van der Waals surface area contributed by atoms with Gasteiger partial charge in [0.2, 0.25) is 0 Å². The molecule has 1 aromatic heterocycles. The summed E-state index contributed by atoms with van der Waals surface area (Å²) in [5.41, 5.74) is 0.0727. The first-order valence-corrected chi connectivity index (χ1v) is 7.70. The Kier molecular flexibility index (Phi) is 3.85. The highest BCUT2D eigenvalue weighted by Crippen LogP contribution is 2.38. The molecule has 2 atom stereocenters. The van der Waals surface area contributed by atoms with Gasteiger partial charge in [0, 0.05) is 10.9 Å². The number of rotatable bonds is 4. The SMILES string of the molecule is CC1(c2cccc(Br)c2)CC(Nc2[nH]ncc2C(=O)O)C(=O)O1. The third-order valence-electron chi connectivity index (χ3n) is 3.83. The number of anilines is 1. The van der Waals surface area contributed by atoms with Gasteiger partial charge in [-0.1, -0.05) is 28.1 Å². The summed E-state index contributed by atoms with van der Waals surface area (Å²) in [6, 6.07) is 6.89. The van der Waals surface area contributed by atoms with Crippen LogP contribution in [0.2, 0.25) is 0 Å². The van der Waals surface area contributed by atoms with Crippen molar-refractivity contribution in [1.29, 1.82) is 0 Å². The lowest BCUT2D eigenvalue weighted by Crippen LogP contribution is -2.26. The zero-order valence-electron chi connectivity index (χ0n) is 12.2. The summed E-state index contributed by atoms with van der Waals surface area (Å²) in [5, 5.41) is 18.2. The van der Waals surface area contributed by atoms with Crippen LogP contribution in [0.3, 0.4) is 0 Å². The minimum atomic E-state index is -1.12. The molecule has 2 heterocycles. The highest BCUT2D eigenvalue weighted by atomic mass is 79.9. The van der Waals surface area contributed by atoms with Gasteiger partial charge in [-0.05, 0) is 24.6 Å². The van der Waals surface area contributed by atoms with Gasteiger partial charge in [0.25, 0.3) is 0 Å². The highest BCUT2D eigenvalue weighted by molar-refractivity contribution is 9.10. The van der Waals surface area contributed by atoms with E-state index in [2.05, 4.69) is 31.4 Å². The lowest BCUT2D eigenvalue weighted by molar-refractivity contribution is -0.148. The first-order chi connectivity index (χ1) is 10.9. The van der Waals surface area contributed by atoms with Crippen LogP contribution in [0.1, 0.15) is 29.3 Å². The molecule has 0 radical (unpaired) electrons. The number of esters is 1. The van der Waals surface area contributed by atoms with Crippen molar-refractivity contribution in [3.8, 4) is 0 Å². The van der Waals surface area contributed by atoms with Crippen molar-refractivity contribution < 1.29 is 19.4 Å². The quantitative estimate of drug-likeness (QED) is 0.705. The van der Waals surface area contributed by atoms with Gasteiger partial charge in [0.05, 0.1) is 6.20 Å². The molecular weight excluding hydrogens is 366 g/mol. The van der Waals surface area contributed by atoms with Crippen LogP contribution in [0.15, 0.2) is 34.9 Å². The average molecular weight is 380 g/mol. The Morgan fingerprint density at radius 3 is 3.04 bits per heavy atom. The van der Waals surface area contributed by atoms with Gasteiger partial charge in [-0.25, -0.2) is 9.59 Å². The molecule has 1 fully saturated rings. The van der Waals surface area contributed by atoms with Crippen LogP contribution in [0, 0.1) is 0 Å². The maximum Gasteiger partial charge on any atom is 0.341 e. The summed E-state index contributed by atoms with van der Waals surface area (Å²) in [6.45, 7) is 1.83. The lowest BCUT2D eigenvalue weighted by Gasteiger charge is -2.23. The number of benzene rings is 1. The van der Waals surface area contributed by atoms with Gasteiger partial charge in [-0.2, -0.15) is 5.10 Å². The number of carbonyl (C=O) groups is 2. The van der Waals surface area contributed by atoms with Crippen LogP contribution in [0.4, 0.5) is 5.82 Å². The molecule has 0 aliphatic carbocycles. The molecule has 7 nitrogen and oxygen atoms in total. The van der Waals surface area contributed by atoms with E-state index in [4.69, 9.17) is 9.84 Å². The molecule has 2 unspecified atom stereocenters. The largest absolute Gasteiger partial charge is 0.477 e. The molecule has 3 rings (SSSR count). The maximum atomic E-state index is 12.2. The van der Waals surface area contributed by atoms with Gasteiger partial charge in [0.15, 0.2) is 0 Å². The van der Waals surface area contributed by atoms with Crippen LogP contribution in [-0.4, -0.2) is 33.3 Å². The lowest BCUT2D eigenvalue weighted by atomic mass is 9.91. The van der Waals surface area contributed by atoms with Crippen molar-refractivity contribution in [3.05, 3.63) is 46.1 Å². The molecule has 1 aliphatic rings. The van der Waals surface area contributed by atoms with Gasteiger partial charge >= 0.3 is 11.9 Å². The van der Waals surface area contributed by atoms with E-state index in [1.54, 1.807) is 0 Å². The number of nitrogens with zero attached hydrogens (tertiary/aromatic N) is 1. The fourth-order valence-electron chi connectivity index (χ4n) is 2.64. The van der Waals surface area contributed by atoms with Crippen LogP contribution < -0.4 is 5.32 Å². The number of aromatic amines is 1. The van der Waals surface area contributed by atoms with Gasteiger partial charge in [-0.15, -0.1) is 0 Å². The average Bonchev–Trinajstić information content (AvgIpc) is 3.05. The molecule has 8 heteroatoms. The van der Waals surface area contributed by atoms with E-state index >= 15 is 0 Å². The van der Waals surface area contributed by atoms with E-state index in [0.29, 0.717) is 6.42 Å². The smallest absolute Gasteiger partial charge is 0.341 e. The van der Waals surface area contributed by atoms with Gasteiger partial charge < -0.3 is 15.2 Å². The highest BCUT2D eigenvalue weighted by Gasteiger charge is 2.45. The Bertz CT molecular complexity index is 776. The minimum absolute atomic E-state index is 0.0196. The van der Waals surface area contributed by atoms with E-state index in [0.717, 1.165) is 10.0 Å². The van der Waals surface area contributed by atoms with Crippen molar-refractivity contribution in [1.82, 2.24) is 10.2 Å². The van der Waals surface area contributed by atoms with Gasteiger partial charge in [0.1, 0.15) is 23.0 Å². The number of aromatic nitrogens is 2. The number of hydrogen-bond acceptors (Lipinski definition) is 5. The van der Waals surface area contributed by atoms with E-state index in [1.807, 2.05) is 31.2 Å². The van der Waals surface area contributed by atoms with Crippen molar-refractivity contribution in [2.24, 2.45) is 0 Å². The molecule has 0 saturated carbocycles. The topological polar surface area (TPSA) is 104 Å². The number of hydrogen-bond donors (Lipinski definition) is 3. The monoisotopic (exact) mass is 379 g/mol. The molecule has 120 valence electrons. The first kappa shape index (κ1) is 15.5. The molecular formula is C15H14BrN3O4. The molecule has 1 saturated heterocycles. The standard InChI is InChI=1S/C15H14BrN3O4/c1-15(8-3-2-4-9(16)5-8)6-11(14(22)23-15)18-12-10(13(20)21)7-17-19-12/h2-5,7,11H,6H2,1H3,(H,20,21)(H2,17,18,19). The minimum Gasteiger partial charge on any atom is -0.477 e.